The number of rotatable bonds is 8. The van der Waals surface area contributed by atoms with E-state index in [4.69, 9.17) is 0 Å². The minimum atomic E-state index is 0.0884. The van der Waals surface area contributed by atoms with E-state index < -0.39 is 0 Å². The number of nitrogens with zero attached hydrogens (tertiary/aromatic N) is 1. The zero-order valence-electron chi connectivity index (χ0n) is 30.6. The van der Waals surface area contributed by atoms with Crippen LogP contribution in [0.5, 0.6) is 0 Å². The first-order chi connectivity index (χ1) is 20.6. The molecule has 0 aliphatic carbocycles. The van der Waals surface area contributed by atoms with Gasteiger partial charge < -0.3 is 0 Å². The van der Waals surface area contributed by atoms with Crippen molar-refractivity contribution in [2.24, 2.45) is 10.8 Å². The first-order valence-corrected chi connectivity index (χ1v) is 16.9. The minimum Gasteiger partial charge on any atom is -0.298 e. The summed E-state index contributed by atoms with van der Waals surface area (Å²) in [6, 6.07) is 27.6. The molecule has 1 atom stereocenters. The van der Waals surface area contributed by atoms with Gasteiger partial charge >= 0.3 is 0 Å². The Labute approximate surface area is 276 Å². The lowest BCUT2D eigenvalue weighted by molar-refractivity contribution is 0.283. The molecule has 1 unspecified atom stereocenters. The SMILES string of the molecule is CC(C)(C)CC(C)(C)c1ccc(C=CC2=CC(c3ccc(C(C)(C)CC(C)(C)C)cc3)N(c3ccc(C(C)(C)C)cc3)N2)cc1. The molecule has 242 valence electrons. The van der Waals surface area contributed by atoms with Gasteiger partial charge in [-0.25, -0.2) is 0 Å². The molecule has 0 amide bonds. The molecule has 4 rings (SSSR count). The molecule has 45 heavy (non-hydrogen) atoms. The number of allylic oxidation sites excluding steroid dienone is 1. The average molecular weight is 605 g/mol. The van der Waals surface area contributed by atoms with Crippen LogP contribution in [0.15, 0.2) is 90.6 Å². The van der Waals surface area contributed by atoms with Gasteiger partial charge in [-0.2, -0.15) is 0 Å². The standard InChI is InChI=1S/C43H60N2/c1-39(2,3)29-42(10,11)34-19-14-31(15-20-34)16-25-36-28-38(45(44-36)37-26-23-33(24-27-37)41(7,8)9)32-17-21-35(22-18-32)43(12,13)30-40(4,5)6/h14-28,38,44H,29-30H2,1-13H3. The molecule has 0 spiro atoms. The Bertz CT molecular complexity index is 1480. The zero-order chi connectivity index (χ0) is 33.4. The van der Waals surface area contributed by atoms with Crippen LogP contribution in [0.3, 0.4) is 0 Å². The molecule has 0 radical (unpaired) electrons. The summed E-state index contributed by atoms with van der Waals surface area (Å²) in [5.74, 6) is 0. The van der Waals surface area contributed by atoms with Crippen LogP contribution < -0.4 is 10.4 Å². The molecule has 0 bridgehead atoms. The maximum Gasteiger partial charge on any atom is 0.0958 e. The lowest BCUT2D eigenvalue weighted by Gasteiger charge is -2.33. The van der Waals surface area contributed by atoms with Gasteiger partial charge in [0.15, 0.2) is 0 Å². The summed E-state index contributed by atoms with van der Waals surface area (Å²) in [5, 5.41) is 2.31. The molecule has 0 saturated carbocycles. The molecular formula is C43H60N2. The predicted molar refractivity (Wildman–Crippen MR) is 198 cm³/mol. The number of hydrogen-bond acceptors (Lipinski definition) is 2. The molecule has 1 aliphatic rings. The Balaban J connectivity index is 1.61. The van der Waals surface area contributed by atoms with Gasteiger partial charge in [0.1, 0.15) is 0 Å². The second-order valence-corrected chi connectivity index (χ2v) is 18.2. The van der Waals surface area contributed by atoms with Crippen molar-refractivity contribution in [3.05, 3.63) is 118 Å². The Morgan fingerprint density at radius 3 is 1.44 bits per heavy atom. The maximum absolute atomic E-state index is 3.73. The van der Waals surface area contributed by atoms with E-state index in [0.29, 0.717) is 5.41 Å². The van der Waals surface area contributed by atoms with Crippen molar-refractivity contribution in [1.29, 1.82) is 0 Å². The number of anilines is 1. The van der Waals surface area contributed by atoms with Gasteiger partial charge in [0.25, 0.3) is 0 Å². The molecule has 3 aromatic carbocycles. The summed E-state index contributed by atoms with van der Waals surface area (Å²) < 4.78 is 0. The first-order valence-electron chi connectivity index (χ1n) is 16.9. The molecular weight excluding hydrogens is 544 g/mol. The molecule has 0 fully saturated rings. The molecule has 2 heteroatoms. The molecule has 1 N–H and O–H groups in total. The van der Waals surface area contributed by atoms with Crippen molar-refractivity contribution < 1.29 is 0 Å². The first kappa shape index (κ1) is 34.6. The Kier molecular flexibility index (Phi) is 9.61. The van der Waals surface area contributed by atoms with E-state index in [1.54, 1.807) is 0 Å². The summed E-state index contributed by atoms with van der Waals surface area (Å²) in [5.41, 5.74) is 13.6. The largest absolute Gasteiger partial charge is 0.298 e. The van der Waals surface area contributed by atoms with Gasteiger partial charge in [0.2, 0.25) is 0 Å². The van der Waals surface area contributed by atoms with E-state index in [1.165, 1.54) is 27.8 Å². The monoisotopic (exact) mass is 604 g/mol. The van der Waals surface area contributed by atoms with Crippen LogP contribution in [0.1, 0.15) is 137 Å². The summed E-state index contributed by atoms with van der Waals surface area (Å²) in [4.78, 5) is 0. The van der Waals surface area contributed by atoms with Crippen LogP contribution in [0.25, 0.3) is 6.08 Å². The summed E-state index contributed by atoms with van der Waals surface area (Å²) in [6.07, 6.45) is 9.08. The number of benzene rings is 3. The Morgan fingerprint density at radius 1 is 0.556 bits per heavy atom. The number of nitrogens with one attached hydrogen (secondary N) is 1. The maximum atomic E-state index is 3.73. The minimum absolute atomic E-state index is 0.0884. The summed E-state index contributed by atoms with van der Waals surface area (Å²) in [6.45, 7) is 30.2. The van der Waals surface area contributed by atoms with Gasteiger partial charge in [0, 0.05) is 0 Å². The highest BCUT2D eigenvalue weighted by atomic mass is 15.5. The quantitative estimate of drug-likeness (QED) is 0.275. The van der Waals surface area contributed by atoms with Crippen molar-refractivity contribution in [3.63, 3.8) is 0 Å². The third-order valence-corrected chi connectivity index (χ3v) is 9.00. The van der Waals surface area contributed by atoms with Gasteiger partial charge in [-0.05, 0) is 92.0 Å². The molecule has 1 aliphatic heterocycles. The van der Waals surface area contributed by atoms with Crippen molar-refractivity contribution in [3.8, 4) is 0 Å². The van der Waals surface area contributed by atoms with Gasteiger partial charge in [-0.15, -0.1) is 0 Å². The van der Waals surface area contributed by atoms with E-state index >= 15 is 0 Å². The van der Waals surface area contributed by atoms with Crippen LogP contribution in [0.2, 0.25) is 0 Å². The topological polar surface area (TPSA) is 15.3 Å². The third-order valence-electron chi connectivity index (χ3n) is 9.00. The third kappa shape index (κ3) is 9.15. The van der Waals surface area contributed by atoms with Crippen LogP contribution >= 0.6 is 0 Å². The zero-order valence-corrected chi connectivity index (χ0v) is 30.6. The smallest absolute Gasteiger partial charge is 0.0958 e. The lowest BCUT2D eigenvalue weighted by atomic mass is 9.72. The lowest BCUT2D eigenvalue weighted by Crippen LogP contribution is -2.34. The molecule has 3 aromatic rings. The van der Waals surface area contributed by atoms with Gasteiger partial charge in [0.05, 0.1) is 17.4 Å². The van der Waals surface area contributed by atoms with E-state index in [2.05, 4.69) is 191 Å². The summed E-state index contributed by atoms with van der Waals surface area (Å²) >= 11 is 0. The van der Waals surface area contributed by atoms with Crippen LogP contribution in [0, 0.1) is 10.8 Å². The fraction of sp³-hybridized carbons (Fsp3) is 0.488. The Morgan fingerprint density at radius 2 is 1.00 bits per heavy atom. The fourth-order valence-electron chi connectivity index (χ4n) is 7.39. The number of hydrazine groups is 1. The van der Waals surface area contributed by atoms with Crippen LogP contribution in [-0.4, -0.2) is 0 Å². The van der Waals surface area contributed by atoms with E-state index in [-0.39, 0.29) is 27.7 Å². The van der Waals surface area contributed by atoms with Crippen LogP contribution in [-0.2, 0) is 16.2 Å². The van der Waals surface area contributed by atoms with E-state index in [0.717, 1.165) is 24.2 Å². The Hall–Kier alpha value is -3.26. The van der Waals surface area contributed by atoms with Crippen molar-refractivity contribution in [1.82, 2.24) is 5.43 Å². The fourth-order valence-corrected chi connectivity index (χ4v) is 7.39. The van der Waals surface area contributed by atoms with Gasteiger partial charge in [-0.3, -0.25) is 10.4 Å². The average Bonchev–Trinajstić information content (AvgIpc) is 3.33. The molecule has 0 aromatic heterocycles. The summed E-state index contributed by atoms with van der Waals surface area (Å²) in [7, 11) is 0. The van der Waals surface area contributed by atoms with Crippen molar-refractivity contribution >= 4 is 11.8 Å². The highest BCUT2D eigenvalue weighted by Crippen LogP contribution is 2.39. The second-order valence-electron chi connectivity index (χ2n) is 18.2. The highest BCUT2D eigenvalue weighted by molar-refractivity contribution is 5.59. The van der Waals surface area contributed by atoms with Crippen molar-refractivity contribution in [2.45, 2.75) is 125 Å². The van der Waals surface area contributed by atoms with E-state index in [9.17, 15) is 0 Å². The highest BCUT2D eigenvalue weighted by Gasteiger charge is 2.30. The van der Waals surface area contributed by atoms with Gasteiger partial charge in [-0.1, -0.05) is 157 Å². The molecule has 1 heterocycles. The van der Waals surface area contributed by atoms with Crippen LogP contribution in [0.4, 0.5) is 5.69 Å². The number of hydrogen-bond donors (Lipinski definition) is 1. The predicted octanol–water partition coefficient (Wildman–Crippen LogP) is 12.1. The molecule has 0 saturated heterocycles. The second kappa shape index (κ2) is 12.5. The normalized spacial score (nSPS) is 16.7. The molecule has 2 nitrogen and oxygen atoms in total. The van der Waals surface area contributed by atoms with E-state index in [1.807, 2.05) is 0 Å². The van der Waals surface area contributed by atoms with Crippen molar-refractivity contribution in [2.75, 3.05) is 5.01 Å².